The minimum Gasteiger partial charge on any atom is -0.475 e. The largest absolute Gasteiger partial charge is 0.490 e. The van der Waals surface area contributed by atoms with Gasteiger partial charge in [-0.3, -0.25) is 19.3 Å². The van der Waals surface area contributed by atoms with Crippen molar-refractivity contribution in [3.63, 3.8) is 0 Å². The van der Waals surface area contributed by atoms with Crippen LogP contribution in [0.15, 0.2) is 36.8 Å². The van der Waals surface area contributed by atoms with Gasteiger partial charge < -0.3 is 24.8 Å². The molecule has 0 spiro atoms. The molecular formula is C22H26F3N5O6. The predicted octanol–water partition coefficient (Wildman–Crippen LogP) is 1.07. The first-order valence-electron chi connectivity index (χ1n) is 11.0. The molecule has 2 aromatic rings. The van der Waals surface area contributed by atoms with Crippen molar-refractivity contribution in [1.82, 2.24) is 25.0 Å². The topological polar surface area (TPSA) is 136 Å². The second kappa shape index (κ2) is 11.9. The smallest absolute Gasteiger partial charge is 0.475 e. The monoisotopic (exact) mass is 513 g/mol. The number of fused-ring (bicyclic) bond motifs is 1. The fourth-order valence-corrected chi connectivity index (χ4v) is 3.95. The number of carboxylic acid groups (broad SMARTS) is 1. The SMILES string of the molecule is COCCn1ccc(C(=O)N2C[C@@H]3[C@H](CNC(=O)c4cccnc4)CO[C@@H]3C2)n1.O=C(O)C(F)(F)F. The van der Waals surface area contributed by atoms with Crippen LogP contribution in [0.25, 0.3) is 0 Å². The summed E-state index contributed by atoms with van der Waals surface area (Å²) in [6.45, 7) is 3.43. The zero-order valence-corrected chi connectivity index (χ0v) is 19.3. The summed E-state index contributed by atoms with van der Waals surface area (Å²) < 4.78 is 44.4. The van der Waals surface area contributed by atoms with Gasteiger partial charge in [-0.1, -0.05) is 0 Å². The van der Waals surface area contributed by atoms with Gasteiger partial charge in [-0.25, -0.2) is 4.79 Å². The molecule has 2 aromatic heterocycles. The van der Waals surface area contributed by atoms with Crippen molar-refractivity contribution in [2.75, 3.05) is 40.0 Å². The lowest BCUT2D eigenvalue weighted by atomic mass is 9.93. The lowest BCUT2D eigenvalue weighted by Gasteiger charge is -2.19. The van der Waals surface area contributed by atoms with Gasteiger partial charge in [0.05, 0.1) is 31.4 Å². The van der Waals surface area contributed by atoms with Crippen molar-refractivity contribution in [3.05, 3.63) is 48.0 Å². The Morgan fingerprint density at radius 1 is 1.28 bits per heavy atom. The molecule has 2 aliphatic heterocycles. The molecule has 2 fully saturated rings. The van der Waals surface area contributed by atoms with Crippen LogP contribution in [0.5, 0.6) is 0 Å². The van der Waals surface area contributed by atoms with Crippen LogP contribution in [0, 0.1) is 11.8 Å². The van der Waals surface area contributed by atoms with E-state index in [0.717, 1.165) is 0 Å². The number of carbonyl (C=O) groups is 3. The molecule has 2 amide bonds. The lowest BCUT2D eigenvalue weighted by molar-refractivity contribution is -0.192. The third kappa shape index (κ3) is 7.01. The highest BCUT2D eigenvalue weighted by Gasteiger charge is 2.45. The lowest BCUT2D eigenvalue weighted by Crippen LogP contribution is -2.35. The number of methoxy groups -OCH3 is 1. The van der Waals surface area contributed by atoms with Crippen molar-refractivity contribution in [1.29, 1.82) is 0 Å². The number of nitrogens with zero attached hydrogens (tertiary/aromatic N) is 4. The molecular weight excluding hydrogens is 487 g/mol. The average Bonchev–Trinajstić information content (AvgIpc) is 3.58. The third-order valence-electron chi connectivity index (χ3n) is 5.80. The molecule has 36 heavy (non-hydrogen) atoms. The van der Waals surface area contributed by atoms with Crippen molar-refractivity contribution in [2.45, 2.75) is 18.8 Å². The Balaban J connectivity index is 0.000000454. The minimum atomic E-state index is -5.08. The summed E-state index contributed by atoms with van der Waals surface area (Å²) in [7, 11) is 1.63. The van der Waals surface area contributed by atoms with Gasteiger partial charge in [0.15, 0.2) is 0 Å². The van der Waals surface area contributed by atoms with Crippen LogP contribution in [0.2, 0.25) is 0 Å². The van der Waals surface area contributed by atoms with Crippen LogP contribution in [0.1, 0.15) is 20.8 Å². The summed E-state index contributed by atoms with van der Waals surface area (Å²) in [5, 5.41) is 14.4. The van der Waals surface area contributed by atoms with Gasteiger partial charge in [0.1, 0.15) is 5.69 Å². The van der Waals surface area contributed by atoms with Gasteiger partial charge in [-0.15, -0.1) is 0 Å². The summed E-state index contributed by atoms with van der Waals surface area (Å²) >= 11 is 0. The number of aliphatic carboxylic acids is 1. The Labute approximate surface area is 204 Å². The van der Waals surface area contributed by atoms with E-state index < -0.39 is 12.1 Å². The van der Waals surface area contributed by atoms with Crippen LogP contribution in [-0.4, -0.2) is 94.8 Å². The Bertz CT molecular complexity index is 1050. The maximum atomic E-state index is 12.8. The summed E-state index contributed by atoms with van der Waals surface area (Å²) in [5.74, 6) is -2.60. The number of hydrogen-bond donors (Lipinski definition) is 2. The quantitative estimate of drug-likeness (QED) is 0.562. The van der Waals surface area contributed by atoms with E-state index in [0.29, 0.717) is 50.7 Å². The molecule has 2 aliphatic rings. The van der Waals surface area contributed by atoms with Gasteiger partial charge in [-0.05, 0) is 18.2 Å². The number of hydrogen-bond acceptors (Lipinski definition) is 7. The number of likely N-dealkylation sites (tertiary alicyclic amines) is 1. The molecule has 2 N–H and O–H groups in total. The fourth-order valence-electron chi connectivity index (χ4n) is 3.95. The highest BCUT2D eigenvalue weighted by atomic mass is 19.4. The number of carbonyl (C=O) groups excluding carboxylic acids is 2. The Morgan fingerprint density at radius 3 is 2.67 bits per heavy atom. The summed E-state index contributed by atoms with van der Waals surface area (Å²) in [4.78, 5) is 39.7. The first kappa shape index (κ1) is 27.1. The Kier molecular flexibility index (Phi) is 8.98. The van der Waals surface area contributed by atoms with Gasteiger partial charge in [0.2, 0.25) is 0 Å². The Hall–Kier alpha value is -3.52. The zero-order valence-electron chi connectivity index (χ0n) is 19.3. The summed E-state index contributed by atoms with van der Waals surface area (Å²) in [6.07, 6.45) is -0.104. The number of aromatic nitrogens is 3. The maximum Gasteiger partial charge on any atom is 0.490 e. The normalized spacial score (nSPS) is 20.9. The summed E-state index contributed by atoms with van der Waals surface area (Å²) in [6, 6.07) is 5.21. The Morgan fingerprint density at radius 2 is 2.03 bits per heavy atom. The fraction of sp³-hybridized carbons (Fsp3) is 0.500. The maximum absolute atomic E-state index is 12.8. The molecule has 3 atom stereocenters. The zero-order chi connectivity index (χ0) is 26.3. The number of ether oxygens (including phenoxy) is 2. The number of amides is 2. The molecule has 4 heterocycles. The van der Waals surface area contributed by atoms with Gasteiger partial charge in [0, 0.05) is 57.2 Å². The molecule has 0 unspecified atom stereocenters. The van der Waals surface area contributed by atoms with E-state index in [2.05, 4.69) is 15.4 Å². The molecule has 0 saturated carbocycles. The molecule has 196 valence electrons. The van der Waals surface area contributed by atoms with Crippen LogP contribution in [-0.2, 0) is 20.8 Å². The number of rotatable bonds is 7. The van der Waals surface area contributed by atoms with Crippen molar-refractivity contribution >= 4 is 17.8 Å². The first-order valence-corrected chi connectivity index (χ1v) is 11.0. The van der Waals surface area contributed by atoms with E-state index in [1.165, 1.54) is 0 Å². The number of carboxylic acids is 1. The second-order valence-corrected chi connectivity index (χ2v) is 8.22. The molecule has 0 radical (unpaired) electrons. The molecule has 0 aromatic carbocycles. The van der Waals surface area contributed by atoms with Gasteiger partial charge >= 0.3 is 12.1 Å². The van der Waals surface area contributed by atoms with E-state index in [1.54, 1.807) is 53.5 Å². The molecule has 2 saturated heterocycles. The standard InChI is InChI=1S/C20H25N5O4.C2HF3O2/c1-28-8-7-25-6-4-17(23-25)20(27)24-11-16-15(13-29-18(16)12-24)10-22-19(26)14-3-2-5-21-9-14;3-2(4,5)1(6)7/h2-6,9,15-16,18H,7-8,10-13H2,1H3,(H,22,26);(H,6,7)/t15-,16-,18-;/m1./s1. The molecule has 0 aliphatic carbocycles. The second-order valence-electron chi connectivity index (χ2n) is 8.22. The number of pyridine rings is 1. The van der Waals surface area contributed by atoms with E-state index in [4.69, 9.17) is 19.4 Å². The van der Waals surface area contributed by atoms with Gasteiger partial charge in [-0.2, -0.15) is 18.3 Å². The molecule has 11 nitrogen and oxygen atoms in total. The predicted molar refractivity (Wildman–Crippen MR) is 117 cm³/mol. The van der Waals surface area contributed by atoms with Gasteiger partial charge in [0.25, 0.3) is 11.8 Å². The van der Waals surface area contributed by atoms with Crippen LogP contribution in [0.3, 0.4) is 0 Å². The van der Waals surface area contributed by atoms with Crippen molar-refractivity contribution in [2.24, 2.45) is 11.8 Å². The number of halogens is 3. The molecule has 4 rings (SSSR count). The number of nitrogens with one attached hydrogen (secondary N) is 1. The van der Waals surface area contributed by atoms with Crippen molar-refractivity contribution < 1.29 is 42.1 Å². The third-order valence-corrected chi connectivity index (χ3v) is 5.80. The van der Waals surface area contributed by atoms with E-state index in [1.807, 2.05) is 0 Å². The summed E-state index contributed by atoms with van der Waals surface area (Å²) in [5.41, 5.74) is 0.970. The average molecular weight is 513 g/mol. The van der Waals surface area contributed by atoms with Crippen molar-refractivity contribution in [3.8, 4) is 0 Å². The highest BCUT2D eigenvalue weighted by Crippen LogP contribution is 2.34. The first-order chi connectivity index (χ1) is 17.1. The number of alkyl halides is 3. The van der Waals surface area contributed by atoms with Crippen LogP contribution >= 0.6 is 0 Å². The van der Waals surface area contributed by atoms with Crippen LogP contribution < -0.4 is 5.32 Å². The molecule has 14 heteroatoms. The van der Waals surface area contributed by atoms with E-state index >= 15 is 0 Å². The minimum absolute atomic E-state index is 0.00909. The molecule has 0 bridgehead atoms. The van der Waals surface area contributed by atoms with Crippen LogP contribution in [0.4, 0.5) is 13.2 Å². The van der Waals surface area contributed by atoms with E-state index in [9.17, 15) is 22.8 Å². The van der Waals surface area contributed by atoms with E-state index in [-0.39, 0.29) is 29.8 Å². The highest BCUT2D eigenvalue weighted by molar-refractivity contribution is 5.94.